The number of ether oxygens (including phenoxy) is 8. The zero-order valence-electron chi connectivity index (χ0n) is 40.8. The molecule has 9 rings (SSSR count). The van der Waals surface area contributed by atoms with Gasteiger partial charge in [-0.05, 0) is 110 Å². The van der Waals surface area contributed by atoms with Crippen molar-refractivity contribution in [3.8, 4) is 28.7 Å². The van der Waals surface area contributed by atoms with Gasteiger partial charge in [-0.3, -0.25) is 9.69 Å². The molecule has 5 aliphatic rings. The van der Waals surface area contributed by atoms with Crippen molar-refractivity contribution in [3.05, 3.63) is 138 Å². The molecule has 2 N–H and O–H groups in total. The molecule has 1 amide bonds. The highest BCUT2D eigenvalue weighted by atomic mass is 16.8. The number of benzene rings is 4. The number of hydrogen-bond acceptors (Lipinski definition) is 14. The van der Waals surface area contributed by atoms with Crippen LogP contribution >= 0.6 is 0 Å². The van der Waals surface area contributed by atoms with Crippen molar-refractivity contribution >= 4 is 18.1 Å². The summed E-state index contributed by atoms with van der Waals surface area (Å²) in [6, 6.07) is 27.3. The average molecular weight is 987 g/mol. The summed E-state index contributed by atoms with van der Waals surface area (Å²) < 4.78 is 50.9. The SMILES string of the molecule is C=CCOC12Oc3ccc(Oc4cccc(C=O)c4)cc3C3C(CCCCO)C(CCCCO)C=C(C(=NOC4CCCCO4)CC1N(Cc1ccc4c(c1)OCO4)C(=O)OCCOCc1ccccc1)C32. The smallest absolute Gasteiger partial charge is 0.410 e. The lowest BCUT2D eigenvalue weighted by atomic mass is 9.55. The van der Waals surface area contributed by atoms with E-state index < -0.39 is 30.1 Å². The molecule has 0 bridgehead atoms. The normalized spacial score (nSPS) is 24.2. The Morgan fingerprint density at radius 3 is 2.49 bits per heavy atom. The first kappa shape index (κ1) is 50.7. The molecule has 382 valence electrons. The van der Waals surface area contributed by atoms with Crippen molar-refractivity contribution in [2.75, 3.05) is 46.4 Å². The summed E-state index contributed by atoms with van der Waals surface area (Å²) in [5, 5.41) is 25.1. The van der Waals surface area contributed by atoms with Gasteiger partial charge in [0.1, 0.15) is 36.2 Å². The fourth-order valence-electron chi connectivity index (χ4n) is 11.0. The first-order valence-electron chi connectivity index (χ1n) is 25.4. The molecule has 2 fully saturated rings. The molecule has 3 aliphatic heterocycles. The third-order valence-corrected chi connectivity index (χ3v) is 14.3. The van der Waals surface area contributed by atoms with Crippen molar-refractivity contribution in [2.24, 2.45) is 22.9 Å². The van der Waals surface area contributed by atoms with Crippen LogP contribution in [-0.4, -0.2) is 97.8 Å². The van der Waals surface area contributed by atoms with E-state index in [-0.39, 0.29) is 70.5 Å². The van der Waals surface area contributed by atoms with E-state index in [9.17, 15) is 15.0 Å². The van der Waals surface area contributed by atoms with E-state index in [1.54, 1.807) is 35.2 Å². The Morgan fingerprint density at radius 1 is 0.861 bits per heavy atom. The number of nitrogens with zero attached hydrogens (tertiary/aromatic N) is 2. The van der Waals surface area contributed by atoms with Gasteiger partial charge >= 0.3 is 6.09 Å². The average Bonchev–Trinajstić information content (AvgIpc) is 3.89. The molecule has 0 spiro atoms. The second kappa shape index (κ2) is 24.5. The van der Waals surface area contributed by atoms with Gasteiger partial charge in [0.2, 0.25) is 18.9 Å². The molecule has 72 heavy (non-hydrogen) atoms. The molecule has 2 aliphatic carbocycles. The molecule has 3 heterocycles. The number of allylic oxidation sites excluding steroid dienone is 1. The Bertz CT molecular complexity index is 2530. The second-order valence-electron chi connectivity index (χ2n) is 18.9. The van der Waals surface area contributed by atoms with Gasteiger partial charge in [0.15, 0.2) is 11.5 Å². The van der Waals surface area contributed by atoms with E-state index in [2.05, 4.69) is 12.7 Å². The molecule has 7 atom stereocenters. The third kappa shape index (κ3) is 11.7. The summed E-state index contributed by atoms with van der Waals surface area (Å²) in [6.07, 6.45) is 10.6. The highest BCUT2D eigenvalue weighted by molar-refractivity contribution is 6.03. The quantitative estimate of drug-likeness (QED) is 0.0294. The number of aliphatic hydroxyl groups excluding tert-OH is 2. The minimum atomic E-state index is -1.57. The van der Waals surface area contributed by atoms with Crippen LogP contribution in [0.4, 0.5) is 4.79 Å². The second-order valence-corrected chi connectivity index (χ2v) is 18.9. The summed E-state index contributed by atoms with van der Waals surface area (Å²) in [7, 11) is 0. The van der Waals surface area contributed by atoms with Gasteiger partial charge in [0.05, 0.1) is 38.1 Å². The first-order valence-corrected chi connectivity index (χ1v) is 25.4. The number of unbranched alkanes of at least 4 members (excludes halogenated alkanes) is 2. The monoisotopic (exact) mass is 986 g/mol. The van der Waals surface area contributed by atoms with Crippen LogP contribution in [0, 0.1) is 17.8 Å². The van der Waals surface area contributed by atoms with Gasteiger partial charge in [0, 0.05) is 49.6 Å². The highest BCUT2D eigenvalue weighted by Crippen LogP contribution is 2.62. The Balaban J connectivity index is 1.19. The van der Waals surface area contributed by atoms with Gasteiger partial charge in [0.25, 0.3) is 0 Å². The van der Waals surface area contributed by atoms with Crippen molar-refractivity contribution in [1.82, 2.24) is 4.90 Å². The van der Waals surface area contributed by atoms with Crippen LogP contribution in [0.2, 0.25) is 0 Å². The molecule has 1 saturated carbocycles. The lowest BCUT2D eigenvalue weighted by Crippen LogP contribution is -2.70. The van der Waals surface area contributed by atoms with E-state index in [0.29, 0.717) is 72.5 Å². The molecular formula is C57H66N2O13. The molecular weight excluding hydrogens is 921 g/mol. The van der Waals surface area contributed by atoms with Crippen molar-refractivity contribution in [1.29, 1.82) is 0 Å². The zero-order valence-corrected chi connectivity index (χ0v) is 40.8. The van der Waals surface area contributed by atoms with E-state index in [1.165, 1.54) is 0 Å². The largest absolute Gasteiger partial charge is 0.459 e. The summed E-state index contributed by atoms with van der Waals surface area (Å²) in [4.78, 5) is 35.0. The number of carbonyl (C=O) groups is 2. The van der Waals surface area contributed by atoms with Gasteiger partial charge in [-0.15, -0.1) is 6.58 Å². The number of fused-ring (bicyclic) bond motifs is 3. The maximum atomic E-state index is 15.2. The van der Waals surface area contributed by atoms with E-state index in [4.69, 9.17) is 47.9 Å². The fraction of sp³-hybridized carbons (Fsp3) is 0.456. The van der Waals surface area contributed by atoms with Gasteiger partial charge < -0.3 is 52.9 Å². The standard InChI is InChI=1S/C57H66N2O13/c1-2-26-69-57-52(59(35-40-20-22-50-51(31-40)68-38-67-50)56(63)66-29-28-64-37-39-13-4-3-5-14-39)34-48(58-72-53-19-8-11-27-65-53)46-32-42(16-6-9-24-60)45(18-7-10-25-61)54(55(46)57)47-33-44(21-23-49(47)71-57)70-43-17-12-15-41(30-43)36-62/h2-5,12-15,17,20-23,30-33,36,42,45,52-55,60-61H,1,6-11,16,18-19,24-29,34-35,37-38H2. The third-order valence-electron chi connectivity index (χ3n) is 14.3. The summed E-state index contributed by atoms with van der Waals surface area (Å²) >= 11 is 0. The van der Waals surface area contributed by atoms with Crippen LogP contribution in [0.15, 0.2) is 120 Å². The molecule has 1 saturated heterocycles. The number of carbonyl (C=O) groups excluding carboxylic acids is 2. The van der Waals surface area contributed by atoms with Crippen molar-refractivity contribution in [3.63, 3.8) is 0 Å². The zero-order chi connectivity index (χ0) is 49.7. The molecule has 15 heteroatoms. The number of amides is 1. The van der Waals surface area contributed by atoms with E-state index in [1.807, 2.05) is 66.7 Å². The van der Waals surface area contributed by atoms with Crippen LogP contribution in [-0.2, 0) is 36.9 Å². The summed E-state index contributed by atoms with van der Waals surface area (Å²) in [5.41, 5.74) is 4.63. The van der Waals surface area contributed by atoms with E-state index in [0.717, 1.165) is 67.1 Å². The van der Waals surface area contributed by atoms with Crippen LogP contribution in [0.25, 0.3) is 0 Å². The van der Waals surface area contributed by atoms with Crippen molar-refractivity contribution < 1.29 is 62.5 Å². The molecule has 4 aromatic rings. The van der Waals surface area contributed by atoms with Gasteiger partial charge in [-0.1, -0.05) is 78.7 Å². The Labute approximate surface area is 421 Å². The van der Waals surface area contributed by atoms with Crippen LogP contribution in [0.5, 0.6) is 28.7 Å². The first-order chi connectivity index (χ1) is 35.4. The number of hydrogen-bond donors (Lipinski definition) is 2. The maximum Gasteiger partial charge on any atom is 0.410 e. The van der Waals surface area contributed by atoms with Crippen LogP contribution < -0.4 is 18.9 Å². The highest BCUT2D eigenvalue weighted by Gasteiger charge is 2.66. The Kier molecular flexibility index (Phi) is 17.2. The predicted molar refractivity (Wildman–Crippen MR) is 267 cm³/mol. The lowest BCUT2D eigenvalue weighted by Gasteiger charge is -2.59. The summed E-state index contributed by atoms with van der Waals surface area (Å²) in [6.45, 7) is 5.47. The van der Waals surface area contributed by atoms with Crippen LogP contribution in [0.1, 0.15) is 97.2 Å². The van der Waals surface area contributed by atoms with Crippen molar-refractivity contribution in [2.45, 2.75) is 101 Å². The van der Waals surface area contributed by atoms with Crippen LogP contribution in [0.3, 0.4) is 0 Å². The molecule has 15 nitrogen and oxygen atoms in total. The maximum absolute atomic E-state index is 15.2. The lowest BCUT2D eigenvalue weighted by molar-refractivity contribution is -0.256. The number of aliphatic hydroxyl groups is 2. The van der Waals surface area contributed by atoms with E-state index >= 15 is 4.79 Å². The molecule has 0 radical (unpaired) electrons. The Hall–Kier alpha value is -6.23. The molecule has 7 unspecified atom stereocenters. The van der Waals surface area contributed by atoms with Gasteiger partial charge in [-0.25, -0.2) is 4.79 Å². The number of rotatable bonds is 24. The number of aldehydes is 1. The summed E-state index contributed by atoms with van der Waals surface area (Å²) in [5.74, 6) is 0.253. The minimum Gasteiger partial charge on any atom is -0.459 e. The molecule has 0 aromatic heterocycles. The minimum absolute atomic E-state index is 0.00154. The van der Waals surface area contributed by atoms with Gasteiger partial charge in [-0.2, -0.15) is 0 Å². The fourth-order valence-corrected chi connectivity index (χ4v) is 11.0. The predicted octanol–water partition coefficient (Wildman–Crippen LogP) is 10.0. The topological polar surface area (TPSA) is 173 Å². The molecule has 4 aromatic carbocycles. The Morgan fingerprint density at radius 2 is 1.68 bits per heavy atom. The number of oxime groups is 1.